The zero-order valence-electron chi connectivity index (χ0n) is 8.95. The van der Waals surface area contributed by atoms with Crippen molar-refractivity contribution >= 4 is 5.91 Å². The quantitative estimate of drug-likeness (QED) is 0.432. The summed E-state index contributed by atoms with van der Waals surface area (Å²) in [5.74, 6) is -2.02. The largest absolute Gasteiger partial charge is 0.471 e. The molecule has 1 aliphatic rings. The molecule has 1 heterocycles. The van der Waals surface area contributed by atoms with Gasteiger partial charge in [-0.1, -0.05) is 10.2 Å². The van der Waals surface area contributed by atoms with E-state index >= 15 is 0 Å². The highest BCUT2D eigenvalue weighted by molar-refractivity contribution is 5.82. The number of hydrogen-bond acceptors (Lipinski definition) is 3. The number of halogens is 3. The van der Waals surface area contributed by atoms with Gasteiger partial charge in [0.15, 0.2) is 0 Å². The molecule has 0 aromatic carbocycles. The third kappa shape index (κ3) is 3.19. The molecule has 0 aliphatic carbocycles. The van der Waals surface area contributed by atoms with Crippen LogP contribution in [0.2, 0.25) is 0 Å². The third-order valence-electron chi connectivity index (χ3n) is 2.47. The van der Waals surface area contributed by atoms with Crippen molar-refractivity contribution in [2.24, 2.45) is 10.2 Å². The van der Waals surface area contributed by atoms with Crippen molar-refractivity contribution in [3.63, 3.8) is 0 Å². The third-order valence-corrected chi connectivity index (χ3v) is 2.47. The standard InChI is InChI=1S/C7H8F3N7O/c8-7(9,10)6(18)17-3-4(14-16-12)1-5(17)2-13-15-11/h4-5H,1-3H2. The molecule has 0 saturated carbocycles. The number of azide groups is 2. The monoisotopic (exact) mass is 263 g/mol. The molecule has 0 radical (unpaired) electrons. The fourth-order valence-electron chi connectivity index (χ4n) is 1.76. The van der Waals surface area contributed by atoms with E-state index in [1.54, 1.807) is 0 Å². The minimum atomic E-state index is -5.00. The Kier molecular flexibility index (Phi) is 4.24. The van der Waals surface area contributed by atoms with Crippen molar-refractivity contribution < 1.29 is 18.0 Å². The summed E-state index contributed by atoms with van der Waals surface area (Å²) in [4.78, 5) is 16.6. The van der Waals surface area contributed by atoms with Crippen LogP contribution in [0.1, 0.15) is 6.42 Å². The van der Waals surface area contributed by atoms with E-state index in [2.05, 4.69) is 20.1 Å². The van der Waals surface area contributed by atoms with Gasteiger partial charge in [0.2, 0.25) is 0 Å². The van der Waals surface area contributed by atoms with Crippen LogP contribution >= 0.6 is 0 Å². The number of nitrogens with zero attached hydrogens (tertiary/aromatic N) is 7. The fourth-order valence-corrected chi connectivity index (χ4v) is 1.76. The van der Waals surface area contributed by atoms with Crippen LogP contribution in [0.5, 0.6) is 0 Å². The van der Waals surface area contributed by atoms with E-state index in [1.807, 2.05) is 0 Å². The van der Waals surface area contributed by atoms with E-state index in [4.69, 9.17) is 11.1 Å². The molecule has 98 valence electrons. The predicted molar refractivity (Wildman–Crippen MR) is 53.1 cm³/mol. The Morgan fingerprint density at radius 1 is 1.39 bits per heavy atom. The van der Waals surface area contributed by atoms with Gasteiger partial charge in [-0.3, -0.25) is 4.79 Å². The summed E-state index contributed by atoms with van der Waals surface area (Å²) in [6.07, 6.45) is -4.95. The Morgan fingerprint density at radius 3 is 2.56 bits per heavy atom. The zero-order chi connectivity index (χ0) is 13.8. The number of likely N-dealkylation sites (tertiary alicyclic amines) is 1. The highest BCUT2D eigenvalue weighted by Gasteiger charge is 2.47. The van der Waals surface area contributed by atoms with Crippen molar-refractivity contribution in [3.8, 4) is 0 Å². The molecule has 2 unspecified atom stereocenters. The van der Waals surface area contributed by atoms with Crippen LogP contribution in [0.4, 0.5) is 13.2 Å². The van der Waals surface area contributed by atoms with Crippen LogP contribution in [0, 0.1) is 0 Å². The van der Waals surface area contributed by atoms with Crippen LogP contribution in [-0.4, -0.2) is 42.2 Å². The summed E-state index contributed by atoms with van der Waals surface area (Å²) < 4.78 is 36.9. The first-order chi connectivity index (χ1) is 8.40. The van der Waals surface area contributed by atoms with Gasteiger partial charge in [-0.05, 0) is 17.5 Å². The van der Waals surface area contributed by atoms with Crippen molar-refractivity contribution in [1.82, 2.24) is 4.90 Å². The smallest absolute Gasteiger partial charge is 0.331 e. The van der Waals surface area contributed by atoms with E-state index in [0.717, 1.165) is 0 Å². The highest BCUT2D eigenvalue weighted by Crippen LogP contribution is 2.27. The maximum atomic E-state index is 12.3. The number of rotatable bonds is 3. The molecule has 0 bridgehead atoms. The summed E-state index contributed by atoms with van der Waals surface area (Å²) >= 11 is 0. The van der Waals surface area contributed by atoms with Crippen molar-refractivity contribution in [2.45, 2.75) is 24.7 Å². The van der Waals surface area contributed by atoms with Gasteiger partial charge in [-0.25, -0.2) is 0 Å². The van der Waals surface area contributed by atoms with E-state index in [0.29, 0.717) is 4.90 Å². The topological polar surface area (TPSA) is 118 Å². The van der Waals surface area contributed by atoms with Gasteiger partial charge >= 0.3 is 12.1 Å². The van der Waals surface area contributed by atoms with E-state index in [9.17, 15) is 18.0 Å². The molecule has 1 amide bonds. The second kappa shape index (κ2) is 5.48. The molecule has 1 aliphatic heterocycles. The van der Waals surface area contributed by atoms with Gasteiger partial charge in [-0.2, -0.15) is 13.2 Å². The fraction of sp³-hybridized carbons (Fsp3) is 0.857. The lowest BCUT2D eigenvalue weighted by Crippen LogP contribution is -2.45. The van der Waals surface area contributed by atoms with E-state index in [1.165, 1.54) is 0 Å². The van der Waals surface area contributed by atoms with Crippen molar-refractivity contribution in [2.75, 3.05) is 13.1 Å². The Hall–Kier alpha value is -2.12. The lowest BCUT2D eigenvalue weighted by molar-refractivity contribution is -0.186. The number of amides is 1. The Morgan fingerprint density at radius 2 is 2.06 bits per heavy atom. The summed E-state index contributed by atoms with van der Waals surface area (Å²) in [7, 11) is 0. The first kappa shape index (κ1) is 13.9. The molecule has 0 aromatic rings. The van der Waals surface area contributed by atoms with E-state index in [-0.39, 0.29) is 19.5 Å². The summed E-state index contributed by atoms with van der Waals surface area (Å²) in [6, 6.07) is -1.63. The maximum absolute atomic E-state index is 12.3. The van der Waals surface area contributed by atoms with Crippen LogP contribution in [-0.2, 0) is 4.79 Å². The summed E-state index contributed by atoms with van der Waals surface area (Å²) in [6.45, 7) is -0.607. The molecule has 8 nitrogen and oxygen atoms in total. The molecular formula is C7H8F3N7O. The molecule has 0 spiro atoms. The average Bonchev–Trinajstić information content (AvgIpc) is 2.67. The Labute approximate surface area is 98.6 Å². The lowest BCUT2D eigenvalue weighted by Gasteiger charge is -2.24. The molecule has 18 heavy (non-hydrogen) atoms. The molecular weight excluding hydrogens is 255 g/mol. The first-order valence-corrected chi connectivity index (χ1v) is 4.83. The summed E-state index contributed by atoms with van der Waals surface area (Å²) in [5.41, 5.74) is 16.4. The Bertz CT molecular complexity index is 423. The maximum Gasteiger partial charge on any atom is 0.471 e. The van der Waals surface area contributed by atoms with Gasteiger partial charge in [0, 0.05) is 29.0 Å². The van der Waals surface area contributed by atoms with Crippen LogP contribution < -0.4 is 0 Å². The molecule has 1 saturated heterocycles. The summed E-state index contributed by atoms with van der Waals surface area (Å²) in [5, 5.41) is 6.43. The molecule has 0 aromatic heterocycles. The molecule has 2 atom stereocenters. The number of carbonyl (C=O) groups excluding carboxylic acids is 1. The SMILES string of the molecule is [N-]=[N+]=NCC1CC(N=[N+]=[N-])CN1C(=O)C(F)(F)F. The highest BCUT2D eigenvalue weighted by atomic mass is 19.4. The van der Waals surface area contributed by atoms with Gasteiger partial charge < -0.3 is 4.90 Å². The second-order valence-electron chi connectivity index (χ2n) is 3.62. The minimum absolute atomic E-state index is 0.0465. The van der Waals surface area contributed by atoms with Gasteiger partial charge in [0.05, 0.1) is 6.04 Å². The lowest BCUT2D eigenvalue weighted by atomic mass is 10.2. The molecule has 1 fully saturated rings. The van der Waals surface area contributed by atoms with Gasteiger partial charge in [-0.15, -0.1) is 0 Å². The van der Waals surface area contributed by atoms with E-state index < -0.39 is 24.2 Å². The van der Waals surface area contributed by atoms with Crippen LogP contribution in [0.15, 0.2) is 10.2 Å². The number of hydrogen-bond donors (Lipinski definition) is 0. The number of carbonyl (C=O) groups is 1. The first-order valence-electron chi connectivity index (χ1n) is 4.83. The van der Waals surface area contributed by atoms with Crippen molar-refractivity contribution in [3.05, 3.63) is 20.9 Å². The minimum Gasteiger partial charge on any atom is -0.331 e. The predicted octanol–water partition coefficient (Wildman–Crippen LogP) is 2.14. The average molecular weight is 263 g/mol. The number of alkyl halides is 3. The van der Waals surface area contributed by atoms with Gasteiger partial charge in [0.1, 0.15) is 0 Å². The zero-order valence-corrected chi connectivity index (χ0v) is 8.95. The van der Waals surface area contributed by atoms with Crippen molar-refractivity contribution in [1.29, 1.82) is 0 Å². The molecule has 0 N–H and O–H groups in total. The molecule has 1 rings (SSSR count). The normalized spacial score (nSPS) is 23.2. The Balaban J connectivity index is 2.87. The molecule has 11 heteroatoms. The van der Waals surface area contributed by atoms with Gasteiger partial charge in [0.25, 0.3) is 0 Å². The second-order valence-corrected chi connectivity index (χ2v) is 3.62. The van der Waals surface area contributed by atoms with Crippen LogP contribution in [0.25, 0.3) is 20.9 Å². The van der Waals surface area contributed by atoms with Crippen LogP contribution in [0.3, 0.4) is 0 Å².